The zero-order valence-electron chi connectivity index (χ0n) is 11.7. The van der Waals surface area contributed by atoms with Gasteiger partial charge in [0.15, 0.2) is 0 Å². The van der Waals surface area contributed by atoms with Gasteiger partial charge in [0.05, 0.1) is 4.92 Å². The van der Waals surface area contributed by atoms with Crippen molar-refractivity contribution in [2.24, 2.45) is 5.92 Å². The topological polar surface area (TPSA) is 122 Å². The molecule has 0 spiro atoms. The molecule has 2 amide bonds. The lowest BCUT2D eigenvalue weighted by Gasteiger charge is -2.16. The maximum atomic E-state index is 11.7. The van der Waals surface area contributed by atoms with Gasteiger partial charge in [-0.3, -0.25) is 10.1 Å². The lowest BCUT2D eigenvalue weighted by atomic mass is 10.0. The smallest absolute Gasteiger partial charge is 0.326 e. The van der Waals surface area contributed by atoms with Crippen LogP contribution in [0, 0.1) is 16.0 Å². The zero-order valence-corrected chi connectivity index (χ0v) is 11.7. The van der Waals surface area contributed by atoms with Crippen molar-refractivity contribution in [1.29, 1.82) is 0 Å². The van der Waals surface area contributed by atoms with Crippen LogP contribution in [0.5, 0.6) is 0 Å². The van der Waals surface area contributed by atoms with Gasteiger partial charge < -0.3 is 15.7 Å². The van der Waals surface area contributed by atoms with Crippen molar-refractivity contribution < 1.29 is 19.6 Å². The Labute approximate surface area is 121 Å². The standard InChI is InChI=1S/C13H17N3O5/c1-8(2)6-11(12(17)18)15-13(19)14-9-4-3-5-10(7-9)16(20)21/h3-5,7-8,11H,6H2,1-2H3,(H,17,18)(H2,14,15,19). The number of carboxylic acids is 1. The van der Waals surface area contributed by atoms with Crippen molar-refractivity contribution in [1.82, 2.24) is 5.32 Å². The summed E-state index contributed by atoms with van der Waals surface area (Å²) in [5.74, 6) is -1.03. The highest BCUT2D eigenvalue weighted by Gasteiger charge is 2.21. The van der Waals surface area contributed by atoms with E-state index >= 15 is 0 Å². The molecule has 8 nitrogen and oxygen atoms in total. The van der Waals surface area contributed by atoms with Gasteiger partial charge in [0.25, 0.3) is 5.69 Å². The molecule has 0 aromatic heterocycles. The van der Waals surface area contributed by atoms with Gasteiger partial charge >= 0.3 is 12.0 Å². The number of rotatable bonds is 6. The first-order valence-corrected chi connectivity index (χ1v) is 6.34. The Morgan fingerprint density at radius 3 is 2.57 bits per heavy atom. The summed E-state index contributed by atoms with van der Waals surface area (Å²) in [6.45, 7) is 3.69. The van der Waals surface area contributed by atoms with Gasteiger partial charge in [-0.2, -0.15) is 0 Å². The first kappa shape index (κ1) is 16.4. The number of nitro benzene ring substituents is 1. The summed E-state index contributed by atoms with van der Waals surface area (Å²) in [5, 5.41) is 24.4. The van der Waals surface area contributed by atoms with E-state index in [1.807, 2.05) is 13.8 Å². The van der Waals surface area contributed by atoms with Crippen LogP contribution >= 0.6 is 0 Å². The molecular weight excluding hydrogens is 278 g/mol. The van der Waals surface area contributed by atoms with Crippen LogP contribution in [-0.4, -0.2) is 28.1 Å². The number of aliphatic carboxylic acids is 1. The fraction of sp³-hybridized carbons (Fsp3) is 0.385. The largest absolute Gasteiger partial charge is 0.480 e. The molecule has 8 heteroatoms. The van der Waals surface area contributed by atoms with E-state index in [-0.39, 0.29) is 23.7 Å². The molecule has 0 aliphatic heterocycles. The number of anilines is 1. The summed E-state index contributed by atoms with van der Waals surface area (Å²) in [6.07, 6.45) is 0.289. The van der Waals surface area contributed by atoms with Crippen molar-refractivity contribution in [3.63, 3.8) is 0 Å². The van der Waals surface area contributed by atoms with E-state index in [4.69, 9.17) is 5.11 Å². The molecule has 0 saturated carbocycles. The third-order valence-electron chi connectivity index (χ3n) is 2.63. The van der Waals surface area contributed by atoms with Gasteiger partial charge in [0.1, 0.15) is 6.04 Å². The van der Waals surface area contributed by atoms with Crippen LogP contribution in [0.15, 0.2) is 24.3 Å². The molecule has 0 bridgehead atoms. The van der Waals surface area contributed by atoms with Crippen LogP contribution in [0.1, 0.15) is 20.3 Å². The van der Waals surface area contributed by atoms with E-state index in [0.29, 0.717) is 0 Å². The van der Waals surface area contributed by atoms with Gasteiger partial charge in [-0.05, 0) is 18.4 Å². The molecule has 0 aliphatic carbocycles. The molecule has 0 fully saturated rings. The van der Waals surface area contributed by atoms with Gasteiger partial charge in [-0.1, -0.05) is 19.9 Å². The van der Waals surface area contributed by atoms with E-state index in [0.717, 1.165) is 0 Å². The first-order chi connectivity index (χ1) is 9.79. The molecule has 1 unspecified atom stereocenters. The van der Waals surface area contributed by atoms with Crippen LogP contribution in [0.2, 0.25) is 0 Å². The quantitative estimate of drug-likeness (QED) is 0.548. The number of nitrogens with zero attached hydrogens (tertiary/aromatic N) is 1. The number of benzene rings is 1. The minimum Gasteiger partial charge on any atom is -0.480 e. The van der Waals surface area contributed by atoms with Gasteiger partial charge in [0.2, 0.25) is 0 Å². The Morgan fingerprint density at radius 2 is 2.05 bits per heavy atom. The fourth-order valence-electron chi connectivity index (χ4n) is 1.72. The van der Waals surface area contributed by atoms with Crippen LogP contribution in [0.4, 0.5) is 16.2 Å². The molecule has 0 saturated heterocycles. The minimum absolute atomic E-state index is 0.101. The molecule has 0 aliphatic rings. The molecule has 1 atom stereocenters. The Hall–Kier alpha value is -2.64. The lowest BCUT2D eigenvalue weighted by Crippen LogP contribution is -2.43. The Balaban J connectivity index is 2.70. The summed E-state index contributed by atoms with van der Waals surface area (Å²) in [5.41, 5.74) is 0.0557. The number of hydrogen-bond donors (Lipinski definition) is 3. The van der Waals surface area contributed by atoms with Crippen LogP contribution < -0.4 is 10.6 Å². The Morgan fingerprint density at radius 1 is 1.38 bits per heavy atom. The second kappa shape index (κ2) is 7.22. The Bertz CT molecular complexity index is 544. The van der Waals surface area contributed by atoms with Crippen molar-refractivity contribution >= 4 is 23.4 Å². The number of amides is 2. The second-order valence-corrected chi connectivity index (χ2v) is 4.93. The second-order valence-electron chi connectivity index (χ2n) is 4.93. The number of non-ortho nitro benzene ring substituents is 1. The average Bonchev–Trinajstić information content (AvgIpc) is 2.37. The summed E-state index contributed by atoms with van der Waals surface area (Å²) in [7, 11) is 0. The molecule has 114 valence electrons. The highest BCUT2D eigenvalue weighted by molar-refractivity contribution is 5.92. The summed E-state index contributed by atoms with van der Waals surface area (Å²) in [6, 6.07) is 3.66. The monoisotopic (exact) mass is 295 g/mol. The number of carbonyl (C=O) groups excluding carboxylic acids is 1. The van der Waals surface area contributed by atoms with E-state index in [1.54, 1.807) is 0 Å². The number of carboxylic acid groups (broad SMARTS) is 1. The first-order valence-electron chi connectivity index (χ1n) is 6.34. The van der Waals surface area contributed by atoms with Gasteiger partial charge in [0, 0.05) is 17.8 Å². The molecule has 1 rings (SSSR count). The predicted molar refractivity (Wildman–Crippen MR) is 76.1 cm³/mol. The number of nitro groups is 1. The summed E-state index contributed by atoms with van der Waals surface area (Å²) in [4.78, 5) is 32.8. The minimum atomic E-state index is -1.13. The highest BCUT2D eigenvalue weighted by atomic mass is 16.6. The molecule has 1 aromatic rings. The predicted octanol–water partition coefficient (Wildman–Crippen LogP) is 2.22. The number of urea groups is 1. The van der Waals surface area contributed by atoms with E-state index < -0.39 is 23.0 Å². The zero-order chi connectivity index (χ0) is 16.0. The maximum Gasteiger partial charge on any atom is 0.326 e. The molecule has 3 N–H and O–H groups in total. The van der Waals surface area contributed by atoms with Crippen molar-refractivity contribution in [3.05, 3.63) is 34.4 Å². The molecular formula is C13H17N3O5. The van der Waals surface area contributed by atoms with Crippen molar-refractivity contribution in [2.45, 2.75) is 26.3 Å². The van der Waals surface area contributed by atoms with Gasteiger partial charge in [-0.25, -0.2) is 9.59 Å². The van der Waals surface area contributed by atoms with E-state index in [9.17, 15) is 19.7 Å². The third-order valence-corrected chi connectivity index (χ3v) is 2.63. The highest BCUT2D eigenvalue weighted by Crippen LogP contribution is 2.17. The van der Waals surface area contributed by atoms with E-state index in [1.165, 1.54) is 24.3 Å². The summed E-state index contributed by atoms with van der Waals surface area (Å²) >= 11 is 0. The third kappa shape index (κ3) is 5.47. The van der Waals surface area contributed by atoms with Gasteiger partial charge in [-0.15, -0.1) is 0 Å². The average molecular weight is 295 g/mol. The van der Waals surface area contributed by atoms with Crippen LogP contribution in [0.25, 0.3) is 0 Å². The van der Waals surface area contributed by atoms with E-state index in [2.05, 4.69) is 10.6 Å². The molecule has 21 heavy (non-hydrogen) atoms. The number of hydrogen-bond acceptors (Lipinski definition) is 4. The SMILES string of the molecule is CC(C)CC(NC(=O)Nc1cccc([N+](=O)[O-])c1)C(=O)O. The fourth-order valence-corrected chi connectivity index (χ4v) is 1.72. The number of nitrogens with one attached hydrogen (secondary N) is 2. The molecule has 0 radical (unpaired) electrons. The number of carbonyl (C=O) groups is 2. The van der Waals surface area contributed by atoms with Crippen molar-refractivity contribution in [2.75, 3.05) is 5.32 Å². The lowest BCUT2D eigenvalue weighted by molar-refractivity contribution is -0.384. The maximum absolute atomic E-state index is 11.7. The van der Waals surface area contributed by atoms with Crippen LogP contribution in [-0.2, 0) is 4.79 Å². The Kier molecular flexibility index (Phi) is 5.65. The van der Waals surface area contributed by atoms with Crippen LogP contribution in [0.3, 0.4) is 0 Å². The molecule has 0 heterocycles. The molecule has 1 aromatic carbocycles. The van der Waals surface area contributed by atoms with Crippen molar-refractivity contribution in [3.8, 4) is 0 Å². The summed E-state index contributed by atoms with van der Waals surface area (Å²) < 4.78 is 0. The normalized spacial score (nSPS) is 11.8.